The lowest BCUT2D eigenvalue weighted by atomic mass is 10.2. The molecule has 6 rings (SSSR count). The van der Waals surface area contributed by atoms with Crippen molar-refractivity contribution >= 4 is 52.4 Å². The van der Waals surface area contributed by atoms with Crippen LogP contribution in [-0.4, -0.2) is 91.3 Å². The predicted molar refractivity (Wildman–Crippen MR) is 139 cm³/mol. The molecule has 7 atom stereocenters. The van der Waals surface area contributed by atoms with E-state index in [1.165, 1.54) is 23.5 Å². The van der Waals surface area contributed by atoms with Gasteiger partial charge < -0.3 is 40.6 Å². The third-order valence-electron chi connectivity index (χ3n) is 6.84. The highest BCUT2D eigenvalue weighted by molar-refractivity contribution is 8.09. The van der Waals surface area contributed by atoms with Gasteiger partial charge >= 0.3 is 0 Å². The lowest BCUT2D eigenvalue weighted by molar-refractivity contribution is -0.0395. The molecule has 2 fully saturated rings. The Kier molecular flexibility index (Phi) is 6.59. The van der Waals surface area contributed by atoms with Crippen LogP contribution < -0.4 is 17.0 Å². The number of fused-ring (bicyclic) bond motifs is 2. The van der Waals surface area contributed by atoms with E-state index in [1.54, 1.807) is 4.57 Å². The Balaban J connectivity index is 1.20. The summed E-state index contributed by atoms with van der Waals surface area (Å²) in [6.07, 6.45) is 0.572. The van der Waals surface area contributed by atoms with Crippen LogP contribution in [0.1, 0.15) is 25.3 Å². The minimum atomic E-state index is -3.64. The number of imidazole rings is 2. The van der Waals surface area contributed by atoms with Crippen LogP contribution in [0.3, 0.4) is 0 Å². The molecular weight excluding hydrogens is 555 g/mol. The normalized spacial score (nSPS) is 28.9. The van der Waals surface area contributed by atoms with Crippen molar-refractivity contribution in [2.45, 2.75) is 49.3 Å². The molecule has 0 amide bonds. The number of aromatic nitrogens is 8. The Labute approximate surface area is 224 Å². The highest BCUT2D eigenvalue weighted by Crippen LogP contribution is 2.57. The summed E-state index contributed by atoms with van der Waals surface area (Å²) in [5.41, 5.74) is 11.3. The monoisotopic (exact) mass is 580 g/mol. The van der Waals surface area contributed by atoms with Gasteiger partial charge in [-0.25, -0.2) is 19.9 Å². The number of aliphatic hydroxyl groups excluding tert-OH is 2. The van der Waals surface area contributed by atoms with Crippen molar-refractivity contribution in [3.63, 3.8) is 0 Å². The van der Waals surface area contributed by atoms with Crippen LogP contribution >= 0.6 is 6.49 Å². The number of nitrogens with two attached hydrogens (primary N) is 2. The number of aromatic amines is 1. The van der Waals surface area contributed by atoms with Gasteiger partial charge in [0.25, 0.3) is 5.56 Å². The highest BCUT2D eigenvalue weighted by atomic mass is 32.5. The van der Waals surface area contributed by atoms with Gasteiger partial charge in [-0.05, 0) is 18.2 Å². The molecule has 0 saturated carbocycles. The second kappa shape index (κ2) is 9.83. The lowest BCUT2D eigenvalue weighted by Crippen LogP contribution is -2.28. The molecule has 4 aromatic rings. The number of rotatable bonds is 7. The summed E-state index contributed by atoms with van der Waals surface area (Å²) in [6.45, 7) is -4.18. The molecule has 2 aliphatic heterocycles. The van der Waals surface area contributed by atoms with Crippen LogP contribution in [0.5, 0.6) is 0 Å². The summed E-state index contributed by atoms with van der Waals surface area (Å²) < 4.78 is 20.9. The third kappa shape index (κ3) is 4.57. The first kappa shape index (κ1) is 26.1. The Bertz CT molecular complexity index is 1640. The first-order chi connectivity index (χ1) is 18.7. The molecule has 0 aromatic carbocycles. The van der Waals surface area contributed by atoms with Gasteiger partial charge in [0, 0.05) is 6.42 Å². The summed E-state index contributed by atoms with van der Waals surface area (Å²) >= 11 is 5.54. The fourth-order valence-electron chi connectivity index (χ4n) is 4.91. The largest absolute Gasteiger partial charge is 0.394 e. The topological polar surface area (TPSA) is 248 Å². The van der Waals surface area contributed by atoms with Crippen LogP contribution in [0.2, 0.25) is 0 Å². The predicted octanol–water partition coefficient (Wildman–Crippen LogP) is -1.26. The van der Waals surface area contributed by atoms with Gasteiger partial charge in [-0.1, -0.05) is 0 Å². The summed E-state index contributed by atoms with van der Waals surface area (Å²) in [6, 6.07) is 0. The number of ether oxygens (including phenoxy) is 2. The Morgan fingerprint density at radius 1 is 1.13 bits per heavy atom. The van der Waals surface area contributed by atoms with Crippen LogP contribution in [-0.2, 0) is 25.8 Å². The van der Waals surface area contributed by atoms with Crippen molar-refractivity contribution in [3.8, 4) is 0 Å². The molecule has 2 saturated heterocycles. The Hall–Kier alpha value is -3.09. The number of nitrogens with one attached hydrogen (secondary N) is 1. The number of hydrogen-bond donors (Lipinski definition) is 6. The number of H-pyrrole nitrogens is 1. The second-order valence-electron chi connectivity index (χ2n) is 9.28. The van der Waals surface area contributed by atoms with Crippen molar-refractivity contribution < 1.29 is 29.1 Å². The van der Waals surface area contributed by atoms with E-state index < -0.39 is 48.5 Å². The molecule has 2 aliphatic rings. The molecule has 17 nitrogen and oxygen atoms in total. The molecule has 208 valence electrons. The van der Waals surface area contributed by atoms with Gasteiger partial charge in [0.2, 0.25) is 5.95 Å². The second-order valence-corrected chi connectivity index (χ2v) is 12.9. The molecule has 8 N–H and O–H groups in total. The molecule has 0 bridgehead atoms. The van der Waals surface area contributed by atoms with Crippen LogP contribution in [0.4, 0.5) is 11.8 Å². The number of aliphatic hydroxyl groups is 2. The quantitative estimate of drug-likeness (QED) is 0.140. The molecular formula is C20H25N10O7PS. The molecule has 19 heteroatoms. The Morgan fingerprint density at radius 2 is 1.90 bits per heavy atom. The summed E-state index contributed by atoms with van der Waals surface area (Å²) in [4.78, 5) is 46.5. The third-order valence-corrected chi connectivity index (χ3v) is 9.79. The van der Waals surface area contributed by atoms with Crippen molar-refractivity contribution in [1.82, 2.24) is 39.0 Å². The van der Waals surface area contributed by atoms with Gasteiger partial charge in [0.15, 0.2) is 29.1 Å². The molecule has 0 aliphatic carbocycles. The van der Waals surface area contributed by atoms with E-state index in [9.17, 15) is 19.9 Å². The number of nitrogens with zero attached hydrogens (tertiary/aromatic N) is 7. The minimum absolute atomic E-state index is 0.0266. The average Bonchev–Trinajstić information content (AvgIpc) is 3.67. The highest BCUT2D eigenvalue weighted by Gasteiger charge is 2.47. The maximum Gasteiger partial charge on any atom is 0.280 e. The zero-order valence-corrected chi connectivity index (χ0v) is 21.9. The fraction of sp³-hybridized carbons (Fsp3) is 0.500. The van der Waals surface area contributed by atoms with Crippen LogP contribution in [0.25, 0.3) is 22.3 Å². The number of hydrogen-bond acceptors (Lipinski definition) is 14. The molecule has 1 unspecified atom stereocenters. The van der Waals surface area contributed by atoms with Crippen molar-refractivity contribution in [2.75, 3.05) is 24.7 Å². The van der Waals surface area contributed by atoms with Gasteiger partial charge in [0.1, 0.15) is 30.4 Å². The molecule has 0 radical (unpaired) electrons. The summed E-state index contributed by atoms with van der Waals surface area (Å²) in [5.74, 6) is 0.102. The SMILES string of the molecule is Nc1nc2c(ncn2[C@@H]2O[C@H](CO)C[C@H]2P(O)(=S)OC[C@H]2O[C@@H](n3cnc4c(N)ncnc43)C[C@@H]2O)c(=O)[nH]1. The maximum absolute atomic E-state index is 12.2. The first-order valence-corrected chi connectivity index (χ1v) is 14.6. The fourth-order valence-corrected chi connectivity index (χ4v) is 7.26. The van der Waals surface area contributed by atoms with E-state index >= 15 is 0 Å². The Morgan fingerprint density at radius 3 is 2.69 bits per heavy atom. The van der Waals surface area contributed by atoms with Crippen LogP contribution in [0.15, 0.2) is 23.8 Å². The van der Waals surface area contributed by atoms with E-state index in [1.807, 2.05) is 0 Å². The smallest absolute Gasteiger partial charge is 0.280 e. The number of anilines is 2. The number of nitrogen functional groups attached to an aromatic ring is 2. The minimum Gasteiger partial charge on any atom is -0.394 e. The van der Waals surface area contributed by atoms with E-state index in [0.29, 0.717) is 11.2 Å². The van der Waals surface area contributed by atoms with Crippen molar-refractivity contribution in [3.05, 3.63) is 29.3 Å². The van der Waals surface area contributed by atoms with Gasteiger partial charge in [-0.3, -0.25) is 18.9 Å². The van der Waals surface area contributed by atoms with Gasteiger partial charge in [-0.2, -0.15) is 4.98 Å². The molecule has 4 aromatic heterocycles. The van der Waals surface area contributed by atoms with E-state index in [4.69, 9.17) is 37.3 Å². The standard InChI is InChI=1S/C20H25N10O7PS/c21-15-13-16(24-5-23-15)29(6-25-13)12-2-9(32)10(37-12)4-35-38(34,39)11-1-8(3-31)36-19(11)30-7-26-14-17(30)27-20(22)28-18(14)33/h5-12,19,31-32H,1-4H2,(H,34,39)(H2,21,23,24)(H3,22,27,28,33)/t8-,9-,10+,11+,12+,19+,38?/m0/s1. The first-order valence-electron chi connectivity index (χ1n) is 11.9. The zero-order chi connectivity index (χ0) is 27.5. The van der Waals surface area contributed by atoms with Crippen molar-refractivity contribution in [2.24, 2.45) is 0 Å². The lowest BCUT2D eigenvalue weighted by Gasteiger charge is -2.28. The van der Waals surface area contributed by atoms with Crippen LogP contribution in [0, 0.1) is 0 Å². The van der Waals surface area contributed by atoms with E-state index in [2.05, 4.69) is 29.9 Å². The van der Waals surface area contributed by atoms with Crippen molar-refractivity contribution in [1.29, 1.82) is 0 Å². The van der Waals surface area contributed by atoms with Gasteiger partial charge in [0.05, 0.1) is 43.7 Å². The zero-order valence-electron chi connectivity index (χ0n) is 20.1. The molecule has 39 heavy (non-hydrogen) atoms. The summed E-state index contributed by atoms with van der Waals surface area (Å²) in [7, 11) is 0. The van der Waals surface area contributed by atoms with Gasteiger partial charge in [-0.15, -0.1) is 0 Å². The average molecular weight is 581 g/mol. The molecule has 0 spiro atoms. The van der Waals surface area contributed by atoms with E-state index in [0.717, 1.165) is 0 Å². The van der Waals surface area contributed by atoms with E-state index in [-0.39, 0.29) is 49.0 Å². The maximum atomic E-state index is 12.2. The summed E-state index contributed by atoms with van der Waals surface area (Å²) in [5, 5.41) is 20.4. The molecule has 6 heterocycles.